The molecular formula is C24H22F2N2O4S3. The number of aliphatic carboxylic acids is 1. The Morgan fingerprint density at radius 3 is 2.57 bits per heavy atom. The van der Waals surface area contributed by atoms with Crippen molar-refractivity contribution in [3.05, 3.63) is 51.1 Å². The van der Waals surface area contributed by atoms with Crippen molar-refractivity contribution in [3.8, 4) is 11.1 Å². The van der Waals surface area contributed by atoms with E-state index in [4.69, 9.17) is 17.3 Å². The third-order valence-corrected chi connectivity index (χ3v) is 8.28. The van der Waals surface area contributed by atoms with Crippen LogP contribution in [0.15, 0.2) is 34.6 Å². The van der Waals surface area contributed by atoms with Crippen LogP contribution in [0.25, 0.3) is 17.2 Å². The fourth-order valence-corrected chi connectivity index (χ4v) is 6.30. The smallest absolute Gasteiger partial charge is 0.306 e. The first kappa shape index (κ1) is 25.5. The molecule has 2 amide bonds. The van der Waals surface area contributed by atoms with Gasteiger partial charge in [-0.05, 0) is 66.5 Å². The summed E-state index contributed by atoms with van der Waals surface area (Å²) in [6.07, 6.45) is 4.13. The summed E-state index contributed by atoms with van der Waals surface area (Å²) in [5, 5.41) is 13.8. The van der Waals surface area contributed by atoms with E-state index >= 15 is 0 Å². The third kappa shape index (κ3) is 6.14. The van der Waals surface area contributed by atoms with Gasteiger partial charge in [0.25, 0.3) is 5.91 Å². The molecule has 0 bridgehead atoms. The molecule has 0 unspecified atom stereocenters. The molecular weight excluding hydrogens is 514 g/mol. The largest absolute Gasteiger partial charge is 0.481 e. The number of hydrogen-bond donors (Lipinski definition) is 2. The number of carbonyl (C=O) groups is 3. The van der Waals surface area contributed by atoms with Crippen LogP contribution in [0, 0.1) is 17.6 Å². The lowest BCUT2D eigenvalue weighted by Crippen LogP contribution is -2.40. The molecule has 0 atom stereocenters. The van der Waals surface area contributed by atoms with Crippen LogP contribution in [0.2, 0.25) is 0 Å². The van der Waals surface area contributed by atoms with Gasteiger partial charge in [0.1, 0.15) is 4.32 Å². The molecule has 4 rings (SSSR count). The van der Waals surface area contributed by atoms with E-state index in [1.54, 1.807) is 17.5 Å². The molecule has 1 aliphatic carbocycles. The van der Waals surface area contributed by atoms with E-state index in [1.165, 1.54) is 22.3 Å². The second-order valence-corrected chi connectivity index (χ2v) is 11.0. The number of thiophene rings is 1. The molecule has 1 aromatic heterocycles. The Bertz CT molecular complexity index is 1210. The minimum Gasteiger partial charge on any atom is -0.481 e. The molecule has 2 aromatic rings. The Kier molecular flexibility index (Phi) is 7.98. The number of thiocarbonyl (C=S) groups is 1. The van der Waals surface area contributed by atoms with Crippen LogP contribution in [0.4, 0.5) is 8.78 Å². The van der Waals surface area contributed by atoms with Crippen molar-refractivity contribution in [2.75, 3.05) is 6.54 Å². The average Bonchev–Trinajstić information content (AvgIpc) is 3.39. The Morgan fingerprint density at radius 1 is 1.14 bits per heavy atom. The van der Waals surface area contributed by atoms with E-state index in [2.05, 4.69) is 5.32 Å². The molecule has 1 saturated heterocycles. The Hall–Kier alpha value is -2.63. The van der Waals surface area contributed by atoms with Crippen LogP contribution in [0.1, 0.15) is 37.0 Å². The molecule has 6 nitrogen and oxygen atoms in total. The van der Waals surface area contributed by atoms with Gasteiger partial charge in [0, 0.05) is 23.9 Å². The van der Waals surface area contributed by atoms with Crippen molar-refractivity contribution in [1.82, 2.24) is 10.2 Å². The van der Waals surface area contributed by atoms with Gasteiger partial charge in [-0.15, -0.1) is 11.3 Å². The van der Waals surface area contributed by atoms with Crippen LogP contribution in [0.3, 0.4) is 0 Å². The number of nitrogens with one attached hydrogen (secondary N) is 1. The number of rotatable bonds is 7. The molecule has 0 radical (unpaired) electrons. The highest BCUT2D eigenvalue weighted by Crippen LogP contribution is 2.35. The van der Waals surface area contributed by atoms with Gasteiger partial charge in [0.15, 0.2) is 11.6 Å². The molecule has 11 heteroatoms. The van der Waals surface area contributed by atoms with Crippen LogP contribution in [-0.4, -0.2) is 44.7 Å². The molecule has 35 heavy (non-hydrogen) atoms. The van der Waals surface area contributed by atoms with Gasteiger partial charge in [-0.2, -0.15) is 0 Å². The zero-order chi connectivity index (χ0) is 25.1. The van der Waals surface area contributed by atoms with Crippen molar-refractivity contribution in [2.24, 2.45) is 5.92 Å². The van der Waals surface area contributed by atoms with Crippen molar-refractivity contribution >= 4 is 63.5 Å². The molecule has 0 spiro atoms. The van der Waals surface area contributed by atoms with E-state index in [0.717, 1.165) is 28.8 Å². The second-order valence-electron chi connectivity index (χ2n) is 8.40. The summed E-state index contributed by atoms with van der Waals surface area (Å²) in [5.41, 5.74) is 1.25. The Labute approximate surface area is 214 Å². The molecule has 2 aliphatic rings. The minimum absolute atomic E-state index is 0.0493. The number of carbonyl (C=O) groups excluding carboxylic acids is 2. The highest BCUT2D eigenvalue weighted by Gasteiger charge is 2.33. The second kappa shape index (κ2) is 11.0. The lowest BCUT2D eigenvalue weighted by atomic mass is 9.86. The van der Waals surface area contributed by atoms with E-state index in [-0.39, 0.29) is 36.7 Å². The van der Waals surface area contributed by atoms with Crippen molar-refractivity contribution in [3.63, 3.8) is 0 Å². The van der Waals surface area contributed by atoms with Crippen LogP contribution in [-0.2, 0) is 14.4 Å². The predicted molar refractivity (Wildman–Crippen MR) is 136 cm³/mol. The average molecular weight is 537 g/mol. The number of carboxylic acids is 1. The highest BCUT2D eigenvalue weighted by atomic mass is 32.2. The first-order valence-corrected chi connectivity index (χ1v) is 13.1. The third-order valence-electron chi connectivity index (χ3n) is 6.02. The first-order chi connectivity index (χ1) is 16.7. The van der Waals surface area contributed by atoms with Gasteiger partial charge >= 0.3 is 5.97 Å². The fourth-order valence-electron chi connectivity index (χ4n) is 4.08. The zero-order valence-electron chi connectivity index (χ0n) is 18.5. The van der Waals surface area contributed by atoms with Crippen LogP contribution in [0.5, 0.6) is 0 Å². The van der Waals surface area contributed by atoms with Gasteiger partial charge in [0.05, 0.1) is 10.8 Å². The first-order valence-electron chi connectivity index (χ1n) is 11.0. The lowest BCUT2D eigenvalue weighted by molar-refractivity contribution is -0.142. The van der Waals surface area contributed by atoms with E-state index in [9.17, 15) is 23.2 Å². The fraction of sp³-hybridized carbons (Fsp3) is 0.333. The Balaban J connectivity index is 1.32. The molecule has 184 valence electrons. The molecule has 2 heterocycles. The van der Waals surface area contributed by atoms with Gasteiger partial charge in [-0.25, -0.2) is 8.78 Å². The number of carboxylic acid groups (broad SMARTS) is 1. The maximum atomic E-state index is 13.5. The predicted octanol–water partition coefficient (Wildman–Crippen LogP) is 5.04. The number of amides is 2. The topological polar surface area (TPSA) is 86.7 Å². The summed E-state index contributed by atoms with van der Waals surface area (Å²) >= 11 is 7.86. The minimum atomic E-state index is -0.923. The molecule has 2 fully saturated rings. The molecule has 1 aliphatic heterocycles. The van der Waals surface area contributed by atoms with Crippen molar-refractivity contribution < 1.29 is 28.3 Å². The summed E-state index contributed by atoms with van der Waals surface area (Å²) in [7, 11) is 0. The lowest BCUT2D eigenvalue weighted by Gasteiger charge is -2.27. The zero-order valence-corrected chi connectivity index (χ0v) is 20.9. The quantitative estimate of drug-likeness (QED) is 0.381. The highest BCUT2D eigenvalue weighted by molar-refractivity contribution is 8.26. The van der Waals surface area contributed by atoms with E-state index in [0.29, 0.717) is 46.0 Å². The van der Waals surface area contributed by atoms with Crippen molar-refractivity contribution in [1.29, 1.82) is 0 Å². The summed E-state index contributed by atoms with van der Waals surface area (Å²) < 4.78 is 27.1. The number of benzene rings is 1. The van der Waals surface area contributed by atoms with Gasteiger partial charge in [-0.1, -0.05) is 30.0 Å². The number of halogens is 2. The monoisotopic (exact) mass is 536 g/mol. The summed E-state index contributed by atoms with van der Waals surface area (Å²) in [6.45, 7) is 0.156. The van der Waals surface area contributed by atoms with E-state index in [1.807, 2.05) is 0 Å². The van der Waals surface area contributed by atoms with Crippen molar-refractivity contribution in [2.45, 2.75) is 38.1 Å². The van der Waals surface area contributed by atoms with Crippen LogP contribution >= 0.6 is 35.3 Å². The SMILES string of the molecule is O=C(CCN1C(=O)/C(=C/c2cc(-c3ccc(F)c(F)c3)cs2)SC1=S)NC1CCC(C(=O)O)CC1. The number of thioether (sulfide) groups is 1. The van der Waals surface area contributed by atoms with E-state index < -0.39 is 17.6 Å². The summed E-state index contributed by atoms with van der Waals surface area (Å²) in [6, 6.07) is 5.43. The molecule has 2 N–H and O–H groups in total. The summed E-state index contributed by atoms with van der Waals surface area (Å²) in [5.74, 6) is -3.45. The molecule has 1 aromatic carbocycles. The van der Waals surface area contributed by atoms with Gasteiger partial charge in [0.2, 0.25) is 5.91 Å². The maximum Gasteiger partial charge on any atom is 0.306 e. The summed E-state index contributed by atoms with van der Waals surface area (Å²) in [4.78, 5) is 38.9. The number of hydrogen-bond acceptors (Lipinski definition) is 6. The maximum absolute atomic E-state index is 13.5. The van der Waals surface area contributed by atoms with Crippen LogP contribution < -0.4 is 5.32 Å². The normalized spacial score (nSPS) is 21.5. The Morgan fingerprint density at radius 2 is 1.89 bits per heavy atom. The number of nitrogens with zero attached hydrogens (tertiary/aromatic N) is 1. The molecule has 1 saturated carbocycles. The standard InChI is InChI=1S/C24H22F2N2O4S3/c25-18-6-3-14(10-19(18)26)15-9-17(34-12-15)11-20-22(30)28(24(33)35-20)8-7-21(29)27-16-4-1-13(2-5-16)23(31)32/h3,6,9-13,16H,1-2,4-5,7-8H2,(H,27,29)(H,31,32)/b20-11-. The van der Waals surface area contributed by atoms with Gasteiger partial charge < -0.3 is 10.4 Å². The van der Waals surface area contributed by atoms with Gasteiger partial charge in [-0.3, -0.25) is 19.3 Å².